The molecule has 1 unspecified atom stereocenters. The zero-order chi connectivity index (χ0) is 37.4. The Morgan fingerprint density at radius 3 is 1.64 bits per heavy atom. The summed E-state index contributed by atoms with van der Waals surface area (Å²) in [4.78, 5) is 36.8. The van der Waals surface area contributed by atoms with E-state index in [9.17, 15) is 33.0 Å². The summed E-state index contributed by atoms with van der Waals surface area (Å²) in [5.74, 6) is -5.61. The van der Waals surface area contributed by atoms with Crippen LogP contribution in [0.2, 0.25) is 0 Å². The van der Waals surface area contributed by atoms with Crippen molar-refractivity contribution in [2.45, 2.75) is 53.7 Å². The monoisotopic (exact) mass is 722 g/mol. The third-order valence-corrected chi connectivity index (χ3v) is 10.0. The molecule has 0 aliphatic heterocycles. The van der Waals surface area contributed by atoms with E-state index < -0.39 is 79.2 Å². The predicted octanol–water partition coefficient (Wildman–Crippen LogP) is 7.67. The summed E-state index contributed by atoms with van der Waals surface area (Å²) in [5.41, 5.74) is -4.88. The van der Waals surface area contributed by atoms with E-state index in [0.29, 0.717) is 36.0 Å². The number of benzene rings is 4. The molecule has 0 aliphatic rings. The topological polar surface area (TPSA) is 164 Å². The molecule has 1 atom stereocenters. The largest absolute Gasteiger partial charge is 0.478 e. The lowest BCUT2D eigenvalue weighted by Crippen LogP contribution is -2.55. The van der Waals surface area contributed by atoms with Crippen molar-refractivity contribution in [3.05, 3.63) is 118 Å². The number of nitrogens with two attached hydrogens (primary N) is 1. The Kier molecular flexibility index (Phi) is 10.1. The van der Waals surface area contributed by atoms with Crippen LogP contribution in [0.4, 0.5) is 37.7 Å². The van der Waals surface area contributed by atoms with E-state index in [1.54, 1.807) is 6.92 Å². The molecule has 264 valence electrons. The number of alkyl halides is 6. The van der Waals surface area contributed by atoms with Gasteiger partial charge in [0.1, 0.15) is 0 Å². The molecule has 1 amide bonds. The van der Waals surface area contributed by atoms with E-state index in [2.05, 4.69) is 5.32 Å². The zero-order valence-corrected chi connectivity index (χ0v) is 26.9. The summed E-state index contributed by atoms with van der Waals surface area (Å²) < 4.78 is 116. The molecule has 0 spiro atoms. The summed E-state index contributed by atoms with van der Waals surface area (Å²) in [6.45, 7) is 2.99. The second kappa shape index (κ2) is 13.5. The third-order valence-electron chi connectivity index (χ3n) is 8.25. The molecule has 0 heterocycles. The second-order valence-electron chi connectivity index (χ2n) is 11.3. The number of aromatic carboxylic acids is 2. The molecule has 0 saturated heterocycles. The van der Waals surface area contributed by atoms with Crippen molar-refractivity contribution in [1.29, 1.82) is 0 Å². The minimum absolute atomic E-state index is 0.113. The highest BCUT2D eigenvalue weighted by Crippen LogP contribution is 2.57. The van der Waals surface area contributed by atoms with Crippen LogP contribution in [0.1, 0.15) is 74.0 Å². The molecule has 9 nitrogen and oxygen atoms in total. The Morgan fingerprint density at radius 2 is 1.18 bits per heavy atom. The average Bonchev–Trinajstić information content (AvgIpc) is 3.03. The maximum atomic E-state index is 15.0. The van der Waals surface area contributed by atoms with E-state index >= 15 is 26.3 Å². The summed E-state index contributed by atoms with van der Waals surface area (Å²) in [6.07, 6.45) is -12.1. The van der Waals surface area contributed by atoms with Crippen molar-refractivity contribution < 1.29 is 59.4 Å². The fourth-order valence-corrected chi connectivity index (χ4v) is 6.71. The minimum Gasteiger partial charge on any atom is -0.478 e. The van der Waals surface area contributed by atoms with Gasteiger partial charge in [0.25, 0.3) is 5.91 Å². The molecule has 5 N–H and O–H groups in total. The lowest BCUT2D eigenvalue weighted by atomic mass is 9.71. The number of halogens is 6. The highest BCUT2D eigenvalue weighted by atomic mass is 32.2. The fraction of sp³-hybridized carbons (Fsp3) is 0.206. The Balaban J connectivity index is 1.86. The maximum Gasteiger partial charge on any atom is 0.411 e. The number of carboxylic acids is 2. The van der Waals surface area contributed by atoms with Crippen LogP contribution in [-0.2, 0) is 15.3 Å². The SMILES string of the molecule is CCC(C)c1cc(C(c2ccc(C(=O)O)c(C(=O)Nc3ccc(S(=O)(=O)c4ccc(N)cc4)cc3)c2)(C(F)(F)F)C(F)(F)F)ccc1C(=O)O. The first-order valence-electron chi connectivity index (χ1n) is 14.6. The van der Waals surface area contributed by atoms with E-state index in [-0.39, 0.29) is 33.5 Å². The molecule has 0 aromatic heterocycles. The number of carbonyl (C=O) groups excluding carboxylic acids is 1. The van der Waals surface area contributed by atoms with Crippen molar-refractivity contribution >= 4 is 39.1 Å². The summed E-state index contributed by atoms with van der Waals surface area (Å²) in [5, 5.41) is 21.5. The Hall–Kier alpha value is -5.38. The van der Waals surface area contributed by atoms with Gasteiger partial charge in [-0.15, -0.1) is 0 Å². The number of nitrogen functional groups attached to an aromatic ring is 1. The van der Waals surface area contributed by atoms with E-state index in [4.69, 9.17) is 5.73 Å². The average molecular weight is 723 g/mol. The van der Waals surface area contributed by atoms with Gasteiger partial charge in [0.2, 0.25) is 15.3 Å². The molecule has 0 aliphatic carbocycles. The van der Waals surface area contributed by atoms with Gasteiger partial charge in [-0.05, 0) is 95.8 Å². The molecule has 0 saturated carbocycles. The van der Waals surface area contributed by atoms with Gasteiger partial charge in [0.15, 0.2) is 0 Å². The van der Waals surface area contributed by atoms with Crippen LogP contribution in [0.25, 0.3) is 0 Å². The van der Waals surface area contributed by atoms with Crippen LogP contribution in [0, 0.1) is 0 Å². The summed E-state index contributed by atoms with van der Waals surface area (Å²) >= 11 is 0. The Bertz CT molecular complexity index is 2050. The molecule has 0 fully saturated rings. The number of sulfone groups is 1. The predicted molar refractivity (Wildman–Crippen MR) is 169 cm³/mol. The van der Waals surface area contributed by atoms with Crippen LogP contribution in [-0.4, -0.2) is 48.8 Å². The van der Waals surface area contributed by atoms with Gasteiger partial charge in [0, 0.05) is 11.4 Å². The molecular weight excluding hydrogens is 694 g/mol. The number of rotatable bonds is 10. The lowest BCUT2D eigenvalue weighted by Gasteiger charge is -2.39. The van der Waals surface area contributed by atoms with Crippen LogP contribution >= 0.6 is 0 Å². The summed E-state index contributed by atoms with van der Waals surface area (Å²) in [6, 6.07) is 12.0. The number of nitrogens with one attached hydrogen (secondary N) is 1. The van der Waals surface area contributed by atoms with Crippen molar-refractivity contribution in [2.24, 2.45) is 0 Å². The van der Waals surface area contributed by atoms with Crippen molar-refractivity contribution in [1.82, 2.24) is 0 Å². The van der Waals surface area contributed by atoms with Crippen molar-refractivity contribution in [3.63, 3.8) is 0 Å². The number of hydrogen-bond acceptors (Lipinski definition) is 6. The van der Waals surface area contributed by atoms with Crippen LogP contribution < -0.4 is 11.1 Å². The fourth-order valence-electron chi connectivity index (χ4n) is 5.45. The van der Waals surface area contributed by atoms with Gasteiger partial charge in [-0.3, -0.25) is 4.79 Å². The van der Waals surface area contributed by atoms with E-state index in [1.165, 1.54) is 31.2 Å². The smallest absolute Gasteiger partial charge is 0.411 e. The zero-order valence-electron chi connectivity index (χ0n) is 26.1. The number of anilines is 2. The number of carboxylic acid groups (broad SMARTS) is 2. The molecule has 0 radical (unpaired) electrons. The minimum atomic E-state index is -6.15. The number of carbonyl (C=O) groups is 3. The number of amides is 1. The first-order valence-corrected chi connectivity index (χ1v) is 16.1. The third kappa shape index (κ3) is 6.75. The van der Waals surface area contributed by atoms with Gasteiger partial charge in [-0.1, -0.05) is 32.0 Å². The second-order valence-corrected chi connectivity index (χ2v) is 13.2. The van der Waals surface area contributed by atoms with Gasteiger partial charge in [0.05, 0.1) is 26.5 Å². The first-order chi connectivity index (χ1) is 23.2. The normalized spacial score (nSPS) is 13.0. The molecular formula is C34H28F6N2O7S. The van der Waals surface area contributed by atoms with Crippen molar-refractivity contribution in [3.8, 4) is 0 Å². The molecule has 4 aromatic carbocycles. The van der Waals surface area contributed by atoms with Crippen LogP contribution in [0.15, 0.2) is 94.7 Å². The summed E-state index contributed by atoms with van der Waals surface area (Å²) in [7, 11) is -4.06. The van der Waals surface area contributed by atoms with Gasteiger partial charge < -0.3 is 21.3 Å². The van der Waals surface area contributed by atoms with E-state index in [0.717, 1.165) is 24.3 Å². The molecule has 16 heteroatoms. The quantitative estimate of drug-likeness (QED) is 0.0957. The van der Waals surface area contributed by atoms with Crippen LogP contribution in [0.3, 0.4) is 0 Å². The van der Waals surface area contributed by atoms with Gasteiger partial charge in [-0.2, -0.15) is 26.3 Å². The van der Waals surface area contributed by atoms with Crippen molar-refractivity contribution in [2.75, 3.05) is 11.1 Å². The highest BCUT2D eigenvalue weighted by Gasteiger charge is 2.72. The molecule has 0 bridgehead atoms. The Labute approximate surface area is 281 Å². The standard InChI is InChI=1S/C34H28F6N2O7S/c1-3-18(2)27-16-19(4-14-25(27)30(44)45)32(33(35,36)37,34(38,39)40)20-5-15-26(31(46)47)28(17-20)29(43)42-22-8-12-24(13-9-22)50(48,49)23-10-6-21(41)7-11-23/h4-18H,3,41H2,1-2H3,(H,42,43)(H,44,45)(H,46,47). The first kappa shape index (κ1) is 37.4. The Morgan fingerprint density at radius 1 is 0.720 bits per heavy atom. The number of hydrogen-bond donors (Lipinski definition) is 4. The molecule has 4 rings (SSSR count). The van der Waals surface area contributed by atoms with Gasteiger partial charge in [-0.25, -0.2) is 18.0 Å². The van der Waals surface area contributed by atoms with E-state index in [1.807, 2.05) is 0 Å². The molecule has 50 heavy (non-hydrogen) atoms. The van der Waals surface area contributed by atoms with Crippen LogP contribution in [0.5, 0.6) is 0 Å². The highest BCUT2D eigenvalue weighted by molar-refractivity contribution is 7.91. The maximum absolute atomic E-state index is 15.0. The molecule has 4 aromatic rings. The lowest BCUT2D eigenvalue weighted by molar-refractivity contribution is -0.288. The van der Waals surface area contributed by atoms with Gasteiger partial charge >= 0.3 is 24.3 Å².